The largest absolute Gasteiger partial charge is 0.493 e. The number of nitrogens with zero attached hydrogens (tertiary/aromatic N) is 1. The molecule has 0 radical (unpaired) electrons. The van der Waals surface area contributed by atoms with Crippen LogP contribution in [-0.4, -0.2) is 48.8 Å². The summed E-state index contributed by atoms with van der Waals surface area (Å²) in [5.74, 6) is 1.02. The molecule has 1 saturated carbocycles. The van der Waals surface area contributed by atoms with Gasteiger partial charge in [-0.2, -0.15) is 0 Å². The molecule has 4 unspecified atom stereocenters. The van der Waals surface area contributed by atoms with E-state index in [1.807, 2.05) is 48.5 Å². The first-order valence-electron chi connectivity index (χ1n) is 11.7. The SMILES string of the molecule is COc1ccc(CCN2C(=O)C3=C(C(=O)C4CC(Cl)CCC4O3)C2c2ccccc2)cc1OC. The zero-order valence-corrected chi connectivity index (χ0v) is 20.1. The predicted octanol–water partition coefficient (Wildman–Crippen LogP) is 4.46. The summed E-state index contributed by atoms with van der Waals surface area (Å²) in [5, 5.41) is -0.0376. The third kappa shape index (κ3) is 3.94. The number of alkyl halides is 1. The Balaban J connectivity index is 1.46. The number of hydrogen-bond donors (Lipinski definition) is 0. The first-order valence-corrected chi connectivity index (χ1v) is 12.1. The molecule has 5 rings (SSSR count). The molecule has 2 aromatic carbocycles. The van der Waals surface area contributed by atoms with Crippen molar-refractivity contribution in [1.82, 2.24) is 4.90 Å². The lowest BCUT2D eigenvalue weighted by Crippen LogP contribution is -2.41. The first kappa shape index (κ1) is 22.8. The summed E-state index contributed by atoms with van der Waals surface area (Å²) in [6.07, 6.45) is 2.39. The molecule has 2 heterocycles. The van der Waals surface area contributed by atoms with Gasteiger partial charge >= 0.3 is 0 Å². The molecule has 0 aromatic heterocycles. The van der Waals surface area contributed by atoms with Crippen molar-refractivity contribution in [2.24, 2.45) is 5.92 Å². The van der Waals surface area contributed by atoms with Gasteiger partial charge in [0.25, 0.3) is 5.91 Å². The van der Waals surface area contributed by atoms with Gasteiger partial charge in [0.15, 0.2) is 23.0 Å². The highest BCUT2D eigenvalue weighted by molar-refractivity contribution is 6.21. The Hall–Kier alpha value is -2.99. The van der Waals surface area contributed by atoms with E-state index < -0.39 is 6.04 Å². The Morgan fingerprint density at radius 1 is 1.03 bits per heavy atom. The molecule has 0 saturated heterocycles. The highest BCUT2D eigenvalue weighted by Gasteiger charge is 2.52. The van der Waals surface area contributed by atoms with E-state index in [0.29, 0.717) is 42.9 Å². The fourth-order valence-corrected chi connectivity index (χ4v) is 5.68. The van der Waals surface area contributed by atoms with Crippen molar-refractivity contribution in [1.29, 1.82) is 0 Å². The third-order valence-electron chi connectivity index (χ3n) is 7.08. The van der Waals surface area contributed by atoms with E-state index in [1.54, 1.807) is 19.1 Å². The van der Waals surface area contributed by atoms with E-state index >= 15 is 0 Å². The Kier molecular flexibility index (Phi) is 6.26. The van der Waals surface area contributed by atoms with E-state index in [0.717, 1.165) is 17.5 Å². The molecule has 3 aliphatic rings. The zero-order valence-electron chi connectivity index (χ0n) is 19.3. The second-order valence-corrected chi connectivity index (χ2v) is 9.65. The molecule has 2 aromatic rings. The maximum atomic E-state index is 13.7. The van der Waals surface area contributed by atoms with E-state index in [2.05, 4.69) is 0 Å². The van der Waals surface area contributed by atoms with Gasteiger partial charge in [0.1, 0.15) is 6.10 Å². The van der Waals surface area contributed by atoms with Gasteiger partial charge in [-0.05, 0) is 48.9 Å². The molecule has 4 atom stereocenters. The van der Waals surface area contributed by atoms with Gasteiger partial charge in [-0.1, -0.05) is 36.4 Å². The summed E-state index contributed by atoms with van der Waals surface area (Å²) in [6.45, 7) is 0.435. The van der Waals surface area contributed by atoms with Crippen molar-refractivity contribution >= 4 is 23.3 Å². The number of carbonyl (C=O) groups is 2. The minimum atomic E-state index is -0.465. The normalized spacial score (nSPS) is 26.1. The third-order valence-corrected chi connectivity index (χ3v) is 7.48. The summed E-state index contributed by atoms with van der Waals surface area (Å²) in [6, 6.07) is 15.0. The van der Waals surface area contributed by atoms with Crippen molar-refractivity contribution in [2.75, 3.05) is 20.8 Å². The van der Waals surface area contributed by atoms with Gasteiger partial charge in [-0.3, -0.25) is 9.59 Å². The smallest absolute Gasteiger partial charge is 0.290 e. The van der Waals surface area contributed by atoms with Crippen LogP contribution >= 0.6 is 11.6 Å². The van der Waals surface area contributed by atoms with Crippen molar-refractivity contribution < 1.29 is 23.8 Å². The highest BCUT2D eigenvalue weighted by atomic mass is 35.5. The lowest BCUT2D eigenvalue weighted by molar-refractivity contribution is -0.135. The summed E-state index contributed by atoms with van der Waals surface area (Å²) >= 11 is 6.40. The van der Waals surface area contributed by atoms with Crippen LogP contribution in [-0.2, 0) is 20.7 Å². The van der Waals surface area contributed by atoms with Crippen LogP contribution in [0.2, 0.25) is 0 Å². The average Bonchev–Trinajstić information content (AvgIpc) is 3.15. The highest BCUT2D eigenvalue weighted by Crippen LogP contribution is 2.47. The van der Waals surface area contributed by atoms with Crippen molar-refractivity contribution in [3.8, 4) is 11.5 Å². The molecule has 1 aliphatic carbocycles. The monoisotopic (exact) mass is 481 g/mol. The Morgan fingerprint density at radius 2 is 1.79 bits per heavy atom. The molecule has 178 valence electrons. The van der Waals surface area contributed by atoms with Gasteiger partial charge in [0.05, 0.1) is 31.8 Å². The maximum Gasteiger partial charge on any atom is 0.290 e. The van der Waals surface area contributed by atoms with Crippen LogP contribution in [0.1, 0.15) is 36.4 Å². The topological polar surface area (TPSA) is 65.1 Å². The van der Waals surface area contributed by atoms with Crippen molar-refractivity contribution in [3.63, 3.8) is 0 Å². The molecular formula is C27H28ClNO5. The number of Topliss-reactive ketones (excluding diaryl/α,β-unsaturated/α-hetero) is 1. The van der Waals surface area contributed by atoms with Crippen LogP contribution in [0, 0.1) is 5.92 Å². The minimum Gasteiger partial charge on any atom is -0.493 e. The lowest BCUT2D eigenvalue weighted by atomic mass is 9.77. The van der Waals surface area contributed by atoms with Crippen LogP contribution in [0.15, 0.2) is 59.9 Å². The molecule has 1 fully saturated rings. The summed E-state index contributed by atoms with van der Waals surface area (Å²) in [7, 11) is 3.20. The fraction of sp³-hybridized carbons (Fsp3) is 0.407. The Bertz CT molecular complexity index is 1130. The number of ketones is 1. The number of benzene rings is 2. The molecule has 6 nitrogen and oxygen atoms in total. The van der Waals surface area contributed by atoms with Gasteiger partial charge in [-0.15, -0.1) is 11.6 Å². The van der Waals surface area contributed by atoms with Crippen LogP contribution in [0.4, 0.5) is 0 Å². The van der Waals surface area contributed by atoms with Gasteiger partial charge in [-0.25, -0.2) is 0 Å². The molecule has 0 bridgehead atoms. The number of methoxy groups -OCH3 is 2. The van der Waals surface area contributed by atoms with Gasteiger partial charge in [0.2, 0.25) is 0 Å². The quantitative estimate of drug-likeness (QED) is 0.570. The van der Waals surface area contributed by atoms with Crippen LogP contribution < -0.4 is 9.47 Å². The summed E-state index contributed by atoms with van der Waals surface area (Å²) in [4.78, 5) is 29.0. The van der Waals surface area contributed by atoms with Gasteiger partial charge < -0.3 is 19.1 Å². The van der Waals surface area contributed by atoms with E-state index in [1.165, 1.54) is 0 Å². The number of halogens is 1. The number of hydrogen-bond acceptors (Lipinski definition) is 5. The Morgan fingerprint density at radius 3 is 2.53 bits per heavy atom. The average molecular weight is 482 g/mol. The second kappa shape index (κ2) is 9.34. The molecule has 2 aliphatic heterocycles. The number of amides is 1. The first-order chi connectivity index (χ1) is 16.5. The van der Waals surface area contributed by atoms with Gasteiger partial charge in [0, 0.05) is 11.9 Å². The van der Waals surface area contributed by atoms with Crippen LogP contribution in [0.5, 0.6) is 11.5 Å². The lowest BCUT2D eigenvalue weighted by Gasteiger charge is -2.37. The molecular weight excluding hydrogens is 454 g/mol. The molecule has 7 heteroatoms. The van der Waals surface area contributed by atoms with Crippen molar-refractivity contribution in [2.45, 2.75) is 43.2 Å². The van der Waals surface area contributed by atoms with Crippen LogP contribution in [0.3, 0.4) is 0 Å². The van der Waals surface area contributed by atoms with E-state index in [-0.39, 0.29) is 34.8 Å². The molecule has 0 N–H and O–H groups in total. The predicted molar refractivity (Wildman–Crippen MR) is 128 cm³/mol. The van der Waals surface area contributed by atoms with Crippen molar-refractivity contribution in [3.05, 3.63) is 71.0 Å². The standard InChI is InChI=1S/C27H28ClNO5/c1-32-21-10-8-16(14-22(21)33-2)12-13-29-24(17-6-4-3-5-7-17)23-25(30)19-15-18(28)9-11-20(19)34-26(23)27(29)31/h3-8,10,14,18-20,24H,9,11-13,15H2,1-2H3. The fourth-order valence-electron chi connectivity index (χ4n) is 5.36. The molecule has 1 amide bonds. The number of rotatable bonds is 6. The number of carbonyl (C=O) groups excluding carboxylic acids is 2. The molecule has 34 heavy (non-hydrogen) atoms. The zero-order chi connectivity index (χ0) is 23.8. The Labute approximate surface area is 204 Å². The molecule has 0 spiro atoms. The summed E-state index contributed by atoms with van der Waals surface area (Å²) in [5.41, 5.74) is 2.39. The minimum absolute atomic E-state index is 0.00687. The number of ether oxygens (including phenoxy) is 3. The van der Waals surface area contributed by atoms with Crippen LogP contribution in [0.25, 0.3) is 0 Å². The second-order valence-electron chi connectivity index (χ2n) is 9.03. The summed E-state index contributed by atoms with van der Waals surface area (Å²) < 4.78 is 17.0. The van der Waals surface area contributed by atoms with E-state index in [9.17, 15) is 9.59 Å². The maximum absolute atomic E-state index is 13.7. The number of fused-ring (bicyclic) bond motifs is 1. The van der Waals surface area contributed by atoms with E-state index in [4.69, 9.17) is 25.8 Å².